The summed E-state index contributed by atoms with van der Waals surface area (Å²) in [5.41, 5.74) is 5.61. The highest BCUT2D eigenvalue weighted by atomic mass is 16.5. The number of carbonyl (C=O) groups is 3. The second kappa shape index (κ2) is 13.7. The molecule has 220 valence electrons. The van der Waals surface area contributed by atoms with E-state index in [0.29, 0.717) is 6.54 Å². The van der Waals surface area contributed by atoms with Gasteiger partial charge in [-0.1, -0.05) is 91.7 Å². The topological polar surface area (TPSA) is 108 Å². The molecule has 2 aliphatic rings. The van der Waals surface area contributed by atoms with E-state index in [1.54, 1.807) is 0 Å². The zero-order chi connectivity index (χ0) is 29.5. The summed E-state index contributed by atoms with van der Waals surface area (Å²) < 4.78 is 5.76. The molecule has 3 N–H and O–H groups in total. The number of alkyl carbamates (subject to hydrolysis) is 1. The van der Waals surface area contributed by atoms with E-state index >= 15 is 0 Å². The number of nitrogens with one attached hydrogen (secondary N) is 2. The summed E-state index contributed by atoms with van der Waals surface area (Å²) in [6.45, 7) is 1.01. The van der Waals surface area contributed by atoms with Gasteiger partial charge in [0.25, 0.3) is 0 Å². The van der Waals surface area contributed by atoms with Gasteiger partial charge in [-0.2, -0.15) is 0 Å². The van der Waals surface area contributed by atoms with E-state index in [1.807, 2.05) is 66.5 Å². The fourth-order valence-corrected chi connectivity index (χ4v) is 6.40. The van der Waals surface area contributed by atoms with Crippen LogP contribution in [0, 0.1) is 5.92 Å². The lowest BCUT2D eigenvalue weighted by Crippen LogP contribution is -2.55. The van der Waals surface area contributed by atoms with Crippen molar-refractivity contribution in [2.75, 3.05) is 20.2 Å². The first kappa shape index (κ1) is 29.3. The van der Waals surface area contributed by atoms with Gasteiger partial charge in [0.05, 0.1) is 6.42 Å². The smallest absolute Gasteiger partial charge is 0.407 e. The molecule has 1 saturated carbocycles. The molecule has 0 heterocycles. The molecule has 0 bridgehead atoms. The van der Waals surface area contributed by atoms with Crippen LogP contribution in [0.5, 0.6) is 0 Å². The van der Waals surface area contributed by atoms with Crippen LogP contribution in [-0.2, 0) is 20.9 Å². The molecular formula is C34H39N3O5. The van der Waals surface area contributed by atoms with Gasteiger partial charge in [-0.05, 0) is 53.6 Å². The van der Waals surface area contributed by atoms with Gasteiger partial charge in [0.2, 0.25) is 5.91 Å². The lowest BCUT2D eigenvalue weighted by Gasteiger charge is -2.33. The van der Waals surface area contributed by atoms with Crippen LogP contribution in [0.4, 0.5) is 4.79 Å². The third-order valence-corrected chi connectivity index (χ3v) is 8.42. The van der Waals surface area contributed by atoms with Crippen molar-refractivity contribution in [2.45, 2.75) is 56.7 Å². The predicted molar refractivity (Wildman–Crippen MR) is 161 cm³/mol. The molecule has 2 amide bonds. The zero-order valence-electron chi connectivity index (χ0n) is 24.0. The van der Waals surface area contributed by atoms with Gasteiger partial charge >= 0.3 is 12.1 Å². The fourth-order valence-electron chi connectivity index (χ4n) is 6.40. The van der Waals surface area contributed by atoms with Gasteiger partial charge in [0.1, 0.15) is 12.6 Å². The molecule has 0 saturated heterocycles. The average Bonchev–Trinajstić information content (AvgIpc) is 3.30. The number of hydrogen-bond donors (Lipinski definition) is 3. The molecule has 42 heavy (non-hydrogen) atoms. The molecule has 0 aromatic heterocycles. The van der Waals surface area contributed by atoms with Crippen LogP contribution in [0.15, 0.2) is 78.9 Å². The molecule has 1 fully saturated rings. The van der Waals surface area contributed by atoms with E-state index in [2.05, 4.69) is 34.9 Å². The largest absolute Gasteiger partial charge is 0.481 e. The molecule has 3 atom stereocenters. The minimum Gasteiger partial charge on any atom is -0.481 e. The highest BCUT2D eigenvalue weighted by Gasteiger charge is 2.33. The molecule has 0 radical (unpaired) electrons. The SMILES string of the molecule is CN(Cc1ccccc1)CC(NC(=O)OCC1c2ccccc2-c2ccccc21)C(=O)N[C@H]1CCCC[C@H]1CC(=O)O. The number of benzene rings is 3. The van der Waals surface area contributed by atoms with Gasteiger partial charge < -0.3 is 20.5 Å². The number of carboxylic acid groups (broad SMARTS) is 1. The van der Waals surface area contributed by atoms with Gasteiger partial charge in [0.15, 0.2) is 0 Å². The van der Waals surface area contributed by atoms with Crippen LogP contribution in [0.1, 0.15) is 54.7 Å². The van der Waals surface area contributed by atoms with Crippen molar-refractivity contribution < 1.29 is 24.2 Å². The number of nitrogens with zero attached hydrogens (tertiary/aromatic N) is 1. The van der Waals surface area contributed by atoms with Gasteiger partial charge in [0, 0.05) is 25.0 Å². The monoisotopic (exact) mass is 569 g/mol. The van der Waals surface area contributed by atoms with Gasteiger partial charge in [-0.3, -0.25) is 14.5 Å². The first-order chi connectivity index (χ1) is 20.4. The quantitative estimate of drug-likeness (QED) is 0.294. The second-order valence-electron chi connectivity index (χ2n) is 11.5. The summed E-state index contributed by atoms with van der Waals surface area (Å²) in [6.07, 6.45) is 2.72. The van der Waals surface area contributed by atoms with Crippen molar-refractivity contribution in [3.63, 3.8) is 0 Å². The van der Waals surface area contributed by atoms with Crippen molar-refractivity contribution in [1.82, 2.24) is 15.5 Å². The summed E-state index contributed by atoms with van der Waals surface area (Å²) in [7, 11) is 1.90. The number of fused-ring (bicyclic) bond motifs is 3. The highest BCUT2D eigenvalue weighted by Crippen LogP contribution is 2.44. The molecule has 3 aromatic carbocycles. The maximum Gasteiger partial charge on any atom is 0.407 e. The minimum atomic E-state index is -0.873. The van der Waals surface area contributed by atoms with Crippen LogP contribution in [0.25, 0.3) is 11.1 Å². The molecule has 8 nitrogen and oxygen atoms in total. The molecule has 2 aliphatic carbocycles. The fraction of sp³-hybridized carbons (Fsp3) is 0.382. The maximum atomic E-state index is 13.6. The molecule has 0 aliphatic heterocycles. The number of hydrogen-bond acceptors (Lipinski definition) is 5. The normalized spacial score (nSPS) is 18.5. The van der Waals surface area contributed by atoms with E-state index in [9.17, 15) is 19.5 Å². The lowest BCUT2D eigenvalue weighted by atomic mass is 9.82. The van der Waals surface area contributed by atoms with Crippen LogP contribution >= 0.6 is 0 Å². The summed E-state index contributed by atoms with van der Waals surface area (Å²) in [6, 6.07) is 25.1. The number of amides is 2. The Morgan fingerprint density at radius 3 is 2.19 bits per heavy atom. The van der Waals surface area contributed by atoms with E-state index in [4.69, 9.17) is 4.74 Å². The lowest BCUT2D eigenvalue weighted by molar-refractivity contribution is -0.139. The molecular weight excluding hydrogens is 530 g/mol. The second-order valence-corrected chi connectivity index (χ2v) is 11.5. The van der Waals surface area contributed by atoms with Crippen molar-refractivity contribution in [3.8, 4) is 11.1 Å². The molecule has 1 unspecified atom stereocenters. The third kappa shape index (κ3) is 7.18. The van der Waals surface area contributed by atoms with Crippen molar-refractivity contribution in [3.05, 3.63) is 95.6 Å². The van der Waals surface area contributed by atoms with Crippen LogP contribution in [0.2, 0.25) is 0 Å². The Kier molecular flexibility index (Phi) is 9.54. The Morgan fingerprint density at radius 1 is 0.905 bits per heavy atom. The van der Waals surface area contributed by atoms with Crippen LogP contribution < -0.4 is 10.6 Å². The molecule has 8 heteroatoms. The van der Waals surface area contributed by atoms with Crippen LogP contribution in [-0.4, -0.2) is 60.3 Å². The Labute approximate surface area is 247 Å². The minimum absolute atomic E-state index is 0.0172. The number of aliphatic carboxylic acids is 1. The summed E-state index contributed by atoms with van der Waals surface area (Å²) >= 11 is 0. The Balaban J connectivity index is 1.26. The Hall–Kier alpha value is -4.17. The molecule has 3 aromatic rings. The van der Waals surface area contributed by atoms with Gasteiger partial charge in [-0.15, -0.1) is 0 Å². The highest BCUT2D eigenvalue weighted by molar-refractivity contribution is 5.86. The van der Waals surface area contributed by atoms with E-state index in [1.165, 1.54) is 0 Å². The van der Waals surface area contributed by atoms with Crippen molar-refractivity contribution >= 4 is 18.0 Å². The van der Waals surface area contributed by atoms with E-state index < -0.39 is 18.1 Å². The third-order valence-electron chi connectivity index (χ3n) is 8.42. The zero-order valence-corrected chi connectivity index (χ0v) is 24.0. The molecule has 5 rings (SSSR count). The standard InChI is InChI=1S/C34H39N3O5/c1-37(20-23-11-3-2-4-12-23)21-31(33(40)35-30-18-10-5-13-24(30)19-32(38)39)36-34(41)42-22-29-27-16-8-6-14-25(27)26-15-7-9-17-28(26)29/h2-4,6-9,11-12,14-17,24,29-31H,5,10,13,18-22H2,1H3,(H,35,40)(H,36,41)(H,38,39)/t24-,30-,31?/m0/s1. The number of rotatable bonds is 11. The number of carboxylic acids is 1. The van der Waals surface area contributed by atoms with E-state index in [0.717, 1.165) is 53.5 Å². The number of likely N-dealkylation sites (N-methyl/N-ethyl adjacent to an activating group) is 1. The summed E-state index contributed by atoms with van der Waals surface area (Å²) in [4.78, 5) is 40.2. The summed E-state index contributed by atoms with van der Waals surface area (Å²) in [5.74, 6) is -1.41. The van der Waals surface area contributed by atoms with Gasteiger partial charge in [-0.25, -0.2) is 4.79 Å². The average molecular weight is 570 g/mol. The Bertz CT molecular complexity index is 1350. The van der Waals surface area contributed by atoms with E-state index in [-0.39, 0.29) is 43.4 Å². The maximum absolute atomic E-state index is 13.6. The first-order valence-corrected chi connectivity index (χ1v) is 14.7. The number of carbonyl (C=O) groups excluding carboxylic acids is 2. The number of ether oxygens (including phenoxy) is 1. The predicted octanol–water partition coefficient (Wildman–Crippen LogP) is 5.18. The Morgan fingerprint density at radius 2 is 1.52 bits per heavy atom. The molecule has 0 spiro atoms. The summed E-state index contributed by atoms with van der Waals surface area (Å²) in [5, 5.41) is 15.3. The van der Waals surface area contributed by atoms with Crippen molar-refractivity contribution in [2.24, 2.45) is 5.92 Å². The van der Waals surface area contributed by atoms with Crippen LogP contribution in [0.3, 0.4) is 0 Å². The van der Waals surface area contributed by atoms with Crippen molar-refractivity contribution in [1.29, 1.82) is 0 Å². The first-order valence-electron chi connectivity index (χ1n) is 14.7.